The number of anilines is 1. The Balaban J connectivity index is 1.50. The van der Waals surface area contributed by atoms with Gasteiger partial charge in [0.05, 0.1) is 17.7 Å². The predicted molar refractivity (Wildman–Crippen MR) is 117 cm³/mol. The van der Waals surface area contributed by atoms with Crippen molar-refractivity contribution in [3.63, 3.8) is 0 Å². The van der Waals surface area contributed by atoms with Crippen LogP contribution in [-0.4, -0.2) is 45.1 Å². The van der Waals surface area contributed by atoms with Gasteiger partial charge >= 0.3 is 6.09 Å². The van der Waals surface area contributed by atoms with E-state index >= 15 is 0 Å². The smallest absolute Gasteiger partial charge is 0.414 e. The van der Waals surface area contributed by atoms with Crippen LogP contribution < -0.4 is 9.64 Å². The van der Waals surface area contributed by atoms with Gasteiger partial charge in [0, 0.05) is 28.3 Å². The van der Waals surface area contributed by atoms with Crippen molar-refractivity contribution in [2.24, 2.45) is 0 Å². The highest BCUT2D eigenvalue weighted by Crippen LogP contribution is 2.34. The number of cyclic esters (lactones) is 1. The fourth-order valence-corrected chi connectivity index (χ4v) is 5.82. The van der Waals surface area contributed by atoms with Crippen LogP contribution in [0.4, 0.5) is 10.5 Å². The van der Waals surface area contributed by atoms with Gasteiger partial charge in [0.15, 0.2) is 0 Å². The molecule has 0 radical (unpaired) electrons. The van der Waals surface area contributed by atoms with Gasteiger partial charge in [0.25, 0.3) is 0 Å². The van der Waals surface area contributed by atoms with E-state index in [1.54, 1.807) is 36.3 Å². The minimum Gasteiger partial charge on any atom is -0.497 e. The highest BCUT2D eigenvalue weighted by molar-refractivity contribution is 14.1. The normalized spacial score (nSPS) is 18.3. The standard InChI is InChI=1S/C20H21IN2O5S/c1-27-17-3-5-18(6-4-17)29(25,26)22-10-8-16(9-11-22)23-19-7-2-15(21)12-14(19)13-28-20(23)24/h2-7,12,16H,8-11,13H2,1H3. The van der Waals surface area contributed by atoms with Gasteiger partial charge in [-0.15, -0.1) is 0 Å². The number of fused-ring (bicyclic) bond motifs is 1. The molecule has 2 aliphatic rings. The van der Waals surface area contributed by atoms with Gasteiger partial charge in [-0.3, -0.25) is 4.90 Å². The summed E-state index contributed by atoms with van der Waals surface area (Å²) < 4.78 is 38.9. The number of halogens is 1. The predicted octanol–water partition coefficient (Wildman–Crippen LogP) is 3.61. The third-order valence-electron chi connectivity index (χ3n) is 5.33. The van der Waals surface area contributed by atoms with Gasteiger partial charge in [-0.1, -0.05) is 0 Å². The third kappa shape index (κ3) is 3.95. The van der Waals surface area contributed by atoms with E-state index in [2.05, 4.69) is 22.6 Å². The molecule has 0 aromatic heterocycles. The van der Waals surface area contributed by atoms with Gasteiger partial charge < -0.3 is 9.47 Å². The van der Waals surface area contributed by atoms with E-state index in [4.69, 9.17) is 9.47 Å². The molecule has 154 valence electrons. The van der Waals surface area contributed by atoms with Crippen LogP contribution in [0, 0.1) is 3.57 Å². The number of amides is 1. The Kier molecular flexibility index (Phi) is 5.71. The van der Waals surface area contributed by atoms with Crippen molar-refractivity contribution in [2.45, 2.75) is 30.4 Å². The second-order valence-corrected chi connectivity index (χ2v) is 10.2. The molecule has 1 saturated heterocycles. The van der Waals surface area contributed by atoms with E-state index < -0.39 is 10.0 Å². The molecule has 0 atom stereocenters. The van der Waals surface area contributed by atoms with E-state index in [1.165, 1.54) is 4.31 Å². The molecular weight excluding hydrogens is 507 g/mol. The molecule has 2 aromatic rings. The second kappa shape index (κ2) is 8.11. The van der Waals surface area contributed by atoms with Gasteiger partial charge in [-0.05, 0) is 77.9 Å². The number of sulfonamides is 1. The number of hydrogen-bond acceptors (Lipinski definition) is 5. The van der Waals surface area contributed by atoms with Crippen molar-refractivity contribution in [1.29, 1.82) is 0 Å². The molecule has 4 rings (SSSR count). The van der Waals surface area contributed by atoms with Crippen LogP contribution in [0.15, 0.2) is 47.4 Å². The van der Waals surface area contributed by atoms with Crippen LogP contribution in [0.25, 0.3) is 0 Å². The molecule has 2 aromatic carbocycles. The fourth-order valence-electron chi connectivity index (χ4n) is 3.80. The van der Waals surface area contributed by atoms with E-state index in [0.717, 1.165) is 14.8 Å². The lowest BCUT2D eigenvalue weighted by atomic mass is 10.0. The topological polar surface area (TPSA) is 76.2 Å². The lowest BCUT2D eigenvalue weighted by molar-refractivity contribution is 0.135. The molecule has 2 aliphatic heterocycles. The molecule has 2 heterocycles. The molecule has 29 heavy (non-hydrogen) atoms. The quantitative estimate of drug-likeness (QED) is 0.567. The monoisotopic (exact) mass is 528 g/mol. The zero-order valence-corrected chi connectivity index (χ0v) is 18.9. The number of methoxy groups -OCH3 is 1. The lowest BCUT2D eigenvalue weighted by Crippen LogP contribution is -2.50. The average Bonchev–Trinajstić information content (AvgIpc) is 2.74. The van der Waals surface area contributed by atoms with E-state index in [9.17, 15) is 13.2 Å². The van der Waals surface area contributed by atoms with E-state index in [0.29, 0.717) is 31.7 Å². The molecule has 0 unspecified atom stereocenters. The first kappa shape index (κ1) is 20.4. The maximum Gasteiger partial charge on any atom is 0.414 e. The summed E-state index contributed by atoms with van der Waals surface area (Å²) in [7, 11) is -2.04. The molecule has 0 saturated carbocycles. The average molecular weight is 528 g/mol. The molecule has 0 N–H and O–H groups in total. The number of benzene rings is 2. The fraction of sp³-hybridized carbons (Fsp3) is 0.350. The summed E-state index contributed by atoms with van der Waals surface area (Å²) in [5.74, 6) is 0.611. The summed E-state index contributed by atoms with van der Waals surface area (Å²) >= 11 is 2.23. The number of carbonyl (C=O) groups is 1. The number of hydrogen-bond donors (Lipinski definition) is 0. The summed E-state index contributed by atoms with van der Waals surface area (Å²) in [6, 6.07) is 12.2. The molecule has 1 amide bonds. The number of nitrogens with zero attached hydrogens (tertiary/aromatic N) is 2. The van der Waals surface area contributed by atoms with Gasteiger partial charge in [0.2, 0.25) is 10.0 Å². The molecule has 1 fully saturated rings. The zero-order chi connectivity index (χ0) is 20.6. The second-order valence-electron chi connectivity index (χ2n) is 7.01. The van der Waals surface area contributed by atoms with Crippen LogP contribution in [-0.2, 0) is 21.4 Å². The summed E-state index contributed by atoms with van der Waals surface area (Å²) in [6.45, 7) is 0.969. The van der Waals surface area contributed by atoms with Crippen LogP contribution in [0.3, 0.4) is 0 Å². The van der Waals surface area contributed by atoms with Crippen molar-refractivity contribution in [3.8, 4) is 5.75 Å². The molecule has 7 nitrogen and oxygen atoms in total. The summed E-state index contributed by atoms with van der Waals surface area (Å²) in [6.07, 6.45) is 0.737. The Bertz CT molecular complexity index is 1020. The molecule has 0 bridgehead atoms. The summed E-state index contributed by atoms with van der Waals surface area (Å²) in [5, 5.41) is 0. The summed E-state index contributed by atoms with van der Waals surface area (Å²) in [4.78, 5) is 14.4. The maximum atomic E-state index is 12.9. The van der Waals surface area contributed by atoms with Crippen molar-refractivity contribution in [1.82, 2.24) is 4.31 Å². The molecule has 0 spiro atoms. The molecule has 9 heteroatoms. The van der Waals surface area contributed by atoms with Crippen LogP contribution in [0.2, 0.25) is 0 Å². The van der Waals surface area contributed by atoms with Crippen LogP contribution in [0.1, 0.15) is 18.4 Å². The van der Waals surface area contributed by atoms with Crippen LogP contribution in [0.5, 0.6) is 5.75 Å². The Morgan fingerprint density at radius 3 is 2.45 bits per heavy atom. The first-order chi connectivity index (χ1) is 13.9. The first-order valence-corrected chi connectivity index (χ1v) is 11.8. The number of carbonyl (C=O) groups excluding carboxylic acids is 1. The largest absolute Gasteiger partial charge is 0.497 e. The lowest BCUT2D eigenvalue weighted by Gasteiger charge is -2.39. The Labute approximate surface area is 183 Å². The molecular formula is C20H21IN2O5S. The van der Waals surface area contributed by atoms with Crippen molar-refractivity contribution < 1.29 is 22.7 Å². The highest BCUT2D eigenvalue weighted by atomic mass is 127. The Morgan fingerprint density at radius 2 is 1.79 bits per heavy atom. The van der Waals surface area contributed by atoms with E-state index in [-0.39, 0.29) is 23.6 Å². The minimum absolute atomic E-state index is 0.0936. The highest BCUT2D eigenvalue weighted by Gasteiger charge is 2.37. The van der Waals surface area contributed by atoms with Crippen molar-refractivity contribution >= 4 is 44.4 Å². The minimum atomic E-state index is -3.58. The Morgan fingerprint density at radius 1 is 1.10 bits per heavy atom. The van der Waals surface area contributed by atoms with Crippen LogP contribution >= 0.6 is 22.6 Å². The number of ether oxygens (including phenoxy) is 2. The van der Waals surface area contributed by atoms with E-state index in [1.807, 2.05) is 18.2 Å². The van der Waals surface area contributed by atoms with Gasteiger partial charge in [0.1, 0.15) is 12.4 Å². The number of piperidine rings is 1. The third-order valence-corrected chi connectivity index (χ3v) is 7.92. The van der Waals surface area contributed by atoms with Crippen molar-refractivity contribution in [3.05, 3.63) is 51.6 Å². The van der Waals surface area contributed by atoms with Gasteiger partial charge in [-0.2, -0.15) is 4.31 Å². The zero-order valence-electron chi connectivity index (χ0n) is 15.9. The number of rotatable bonds is 4. The van der Waals surface area contributed by atoms with Crippen molar-refractivity contribution in [2.75, 3.05) is 25.1 Å². The summed E-state index contributed by atoms with van der Waals surface area (Å²) in [5.41, 5.74) is 1.84. The maximum absolute atomic E-state index is 12.9. The first-order valence-electron chi connectivity index (χ1n) is 9.29. The molecule has 0 aliphatic carbocycles. The SMILES string of the molecule is COc1ccc(S(=O)(=O)N2CCC(N3C(=O)OCc4cc(I)ccc43)CC2)cc1. The Hall–Kier alpha value is -1.85. The van der Waals surface area contributed by atoms with Gasteiger partial charge in [-0.25, -0.2) is 13.2 Å².